The molecular weight excluding hydrogens is 342 g/mol. The maximum atomic E-state index is 12.0. The number of nitrogens with one attached hydrogen (secondary N) is 2. The topological polar surface area (TPSA) is 79.8 Å². The first kappa shape index (κ1) is 18.1. The molecule has 0 aliphatic rings. The van der Waals surface area contributed by atoms with Crippen LogP contribution in [-0.4, -0.2) is 25.1 Å². The van der Waals surface area contributed by atoms with Gasteiger partial charge in [-0.2, -0.15) is 5.10 Å². The highest BCUT2D eigenvalue weighted by atomic mass is 16.5. The lowest BCUT2D eigenvalue weighted by Gasteiger charge is -2.09. The summed E-state index contributed by atoms with van der Waals surface area (Å²) in [5.74, 6) is -0.420. The van der Waals surface area contributed by atoms with Crippen molar-refractivity contribution in [1.82, 2.24) is 5.43 Å². The minimum absolute atomic E-state index is 0.342. The van der Waals surface area contributed by atoms with Gasteiger partial charge in [-0.25, -0.2) is 5.43 Å². The van der Waals surface area contributed by atoms with Crippen molar-refractivity contribution < 1.29 is 14.3 Å². The van der Waals surface area contributed by atoms with Crippen LogP contribution in [0.15, 0.2) is 71.8 Å². The van der Waals surface area contributed by atoms with Gasteiger partial charge in [-0.3, -0.25) is 9.59 Å². The molecule has 6 heteroatoms. The molecule has 3 aromatic carbocycles. The van der Waals surface area contributed by atoms with Gasteiger partial charge in [0.25, 0.3) is 0 Å². The molecule has 0 spiro atoms. The van der Waals surface area contributed by atoms with E-state index in [9.17, 15) is 9.59 Å². The molecule has 27 heavy (non-hydrogen) atoms. The van der Waals surface area contributed by atoms with Crippen molar-refractivity contribution in [2.75, 3.05) is 12.4 Å². The van der Waals surface area contributed by atoms with Crippen molar-refractivity contribution in [2.24, 2.45) is 5.10 Å². The summed E-state index contributed by atoms with van der Waals surface area (Å²) in [5, 5.41) is 8.73. The van der Waals surface area contributed by atoms with E-state index in [2.05, 4.69) is 15.8 Å². The molecule has 2 amide bonds. The van der Waals surface area contributed by atoms with Crippen LogP contribution in [0, 0.1) is 0 Å². The molecule has 136 valence electrons. The summed E-state index contributed by atoms with van der Waals surface area (Å²) in [4.78, 5) is 24.0. The molecule has 3 aromatic rings. The Hall–Kier alpha value is -3.67. The van der Waals surface area contributed by atoms with Crippen LogP contribution in [0.2, 0.25) is 0 Å². The minimum Gasteiger partial charge on any atom is -0.495 e. The summed E-state index contributed by atoms with van der Waals surface area (Å²) in [6.45, 7) is 0. The van der Waals surface area contributed by atoms with E-state index in [-0.39, 0.29) is 6.42 Å². The van der Waals surface area contributed by atoms with Crippen LogP contribution in [-0.2, 0) is 9.59 Å². The minimum atomic E-state index is -0.501. The van der Waals surface area contributed by atoms with Gasteiger partial charge in [-0.05, 0) is 22.9 Å². The van der Waals surface area contributed by atoms with Crippen LogP contribution < -0.4 is 15.5 Å². The second-order valence-corrected chi connectivity index (χ2v) is 5.79. The molecule has 0 radical (unpaired) electrons. The SMILES string of the molecule is COc1ccccc1NC(=O)CC(=O)NN=Cc1cccc2ccccc12. The number of hydrogen-bond acceptors (Lipinski definition) is 4. The zero-order chi connectivity index (χ0) is 19.1. The van der Waals surface area contributed by atoms with E-state index in [0.717, 1.165) is 16.3 Å². The molecule has 0 saturated heterocycles. The predicted octanol–water partition coefficient (Wildman–Crippen LogP) is 3.33. The standard InChI is InChI=1S/C21H19N3O3/c1-27-19-12-5-4-11-18(19)23-20(25)13-21(26)24-22-14-16-9-6-8-15-7-2-3-10-17(15)16/h2-12,14H,13H2,1H3,(H,23,25)(H,24,26). The molecule has 0 aromatic heterocycles. The van der Waals surface area contributed by atoms with E-state index in [1.54, 1.807) is 30.5 Å². The fraction of sp³-hybridized carbons (Fsp3) is 0.0952. The first-order valence-electron chi connectivity index (χ1n) is 8.40. The zero-order valence-corrected chi connectivity index (χ0v) is 14.8. The third kappa shape index (κ3) is 4.70. The monoisotopic (exact) mass is 361 g/mol. The smallest absolute Gasteiger partial charge is 0.249 e. The number of carbonyl (C=O) groups excluding carboxylic acids is 2. The van der Waals surface area contributed by atoms with Crippen LogP contribution in [0.25, 0.3) is 10.8 Å². The Morgan fingerprint density at radius 2 is 1.70 bits per heavy atom. The first-order chi connectivity index (χ1) is 13.2. The largest absolute Gasteiger partial charge is 0.495 e. The Balaban J connectivity index is 1.57. The summed E-state index contributed by atoms with van der Waals surface area (Å²) in [6, 6.07) is 20.7. The van der Waals surface area contributed by atoms with Gasteiger partial charge in [0.1, 0.15) is 12.2 Å². The van der Waals surface area contributed by atoms with Gasteiger partial charge >= 0.3 is 0 Å². The molecule has 0 heterocycles. The van der Waals surface area contributed by atoms with E-state index in [1.165, 1.54) is 7.11 Å². The van der Waals surface area contributed by atoms with E-state index >= 15 is 0 Å². The van der Waals surface area contributed by atoms with Gasteiger partial charge < -0.3 is 10.1 Å². The highest BCUT2D eigenvalue weighted by molar-refractivity contribution is 6.04. The molecule has 0 fully saturated rings. The van der Waals surface area contributed by atoms with Gasteiger partial charge in [0.2, 0.25) is 11.8 Å². The molecule has 6 nitrogen and oxygen atoms in total. The van der Waals surface area contributed by atoms with Gasteiger partial charge in [0, 0.05) is 5.56 Å². The van der Waals surface area contributed by atoms with E-state index in [0.29, 0.717) is 11.4 Å². The molecular formula is C21H19N3O3. The van der Waals surface area contributed by atoms with Crippen molar-refractivity contribution >= 4 is 34.5 Å². The van der Waals surface area contributed by atoms with Crippen molar-refractivity contribution in [3.05, 3.63) is 72.3 Å². The summed E-state index contributed by atoms with van der Waals surface area (Å²) in [5.41, 5.74) is 3.77. The maximum Gasteiger partial charge on any atom is 0.249 e. The number of anilines is 1. The summed E-state index contributed by atoms with van der Waals surface area (Å²) >= 11 is 0. The molecule has 3 rings (SSSR count). The number of fused-ring (bicyclic) bond motifs is 1. The summed E-state index contributed by atoms with van der Waals surface area (Å²) in [7, 11) is 1.51. The van der Waals surface area contributed by atoms with Crippen molar-refractivity contribution in [1.29, 1.82) is 0 Å². The van der Waals surface area contributed by atoms with E-state index < -0.39 is 11.8 Å². The van der Waals surface area contributed by atoms with Crippen LogP contribution in [0.1, 0.15) is 12.0 Å². The van der Waals surface area contributed by atoms with Crippen LogP contribution in [0.3, 0.4) is 0 Å². The molecule has 0 atom stereocenters. The lowest BCUT2D eigenvalue weighted by molar-refractivity contribution is -0.126. The number of hydrogen-bond donors (Lipinski definition) is 2. The normalized spacial score (nSPS) is 10.7. The average Bonchev–Trinajstić information content (AvgIpc) is 2.68. The van der Waals surface area contributed by atoms with E-state index in [4.69, 9.17) is 4.74 Å². The molecule has 0 saturated carbocycles. The van der Waals surface area contributed by atoms with Gasteiger partial charge in [0.15, 0.2) is 0 Å². The molecule has 0 aliphatic carbocycles. The van der Waals surface area contributed by atoms with Crippen LogP contribution in [0.5, 0.6) is 5.75 Å². The summed E-state index contributed by atoms with van der Waals surface area (Å²) in [6.07, 6.45) is 1.23. The highest BCUT2D eigenvalue weighted by Crippen LogP contribution is 2.23. The number of carbonyl (C=O) groups is 2. The Morgan fingerprint density at radius 1 is 0.963 bits per heavy atom. The molecule has 0 aliphatic heterocycles. The third-order valence-corrected chi connectivity index (χ3v) is 3.92. The van der Waals surface area contributed by atoms with Crippen molar-refractivity contribution in [2.45, 2.75) is 6.42 Å². The Labute approximate surface area is 156 Å². The lowest BCUT2D eigenvalue weighted by Crippen LogP contribution is -2.24. The summed E-state index contributed by atoms with van der Waals surface area (Å²) < 4.78 is 5.16. The Bertz CT molecular complexity index is 993. The van der Waals surface area contributed by atoms with Gasteiger partial charge in [-0.15, -0.1) is 0 Å². The highest BCUT2D eigenvalue weighted by Gasteiger charge is 2.11. The van der Waals surface area contributed by atoms with Crippen LogP contribution >= 0.6 is 0 Å². The number of ether oxygens (including phenoxy) is 1. The maximum absolute atomic E-state index is 12.0. The Kier molecular flexibility index (Phi) is 5.79. The van der Waals surface area contributed by atoms with Crippen molar-refractivity contribution in [3.8, 4) is 5.75 Å². The third-order valence-electron chi connectivity index (χ3n) is 3.92. The Morgan fingerprint density at radius 3 is 2.56 bits per heavy atom. The number of benzene rings is 3. The number of hydrazone groups is 1. The zero-order valence-electron chi connectivity index (χ0n) is 14.8. The number of methoxy groups -OCH3 is 1. The van der Waals surface area contributed by atoms with Crippen molar-refractivity contribution in [3.63, 3.8) is 0 Å². The fourth-order valence-electron chi connectivity index (χ4n) is 2.66. The molecule has 0 bridgehead atoms. The predicted molar refractivity (Wildman–Crippen MR) is 106 cm³/mol. The quantitative estimate of drug-likeness (QED) is 0.401. The number of rotatable bonds is 6. The second-order valence-electron chi connectivity index (χ2n) is 5.79. The van der Waals surface area contributed by atoms with Gasteiger partial charge in [-0.1, -0.05) is 54.6 Å². The molecule has 2 N–H and O–H groups in total. The number of amides is 2. The van der Waals surface area contributed by atoms with Gasteiger partial charge in [0.05, 0.1) is 19.0 Å². The fourth-order valence-corrected chi connectivity index (χ4v) is 2.66. The number of nitrogens with zero attached hydrogens (tertiary/aromatic N) is 1. The number of para-hydroxylation sites is 2. The lowest BCUT2D eigenvalue weighted by atomic mass is 10.1. The van der Waals surface area contributed by atoms with E-state index in [1.807, 2.05) is 42.5 Å². The second kappa shape index (κ2) is 8.62. The van der Waals surface area contributed by atoms with Crippen LogP contribution in [0.4, 0.5) is 5.69 Å². The molecule has 0 unspecified atom stereocenters. The average molecular weight is 361 g/mol. The first-order valence-corrected chi connectivity index (χ1v) is 8.40.